The molecule has 41 heavy (non-hydrogen) atoms. The van der Waals surface area contributed by atoms with Crippen LogP contribution < -0.4 is 10.6 Å². The summed E-state index contributed by atoms with van der Waals surface area (Å²) in [4.78, 5) is 32.2. The molecule has 0 aromatic heterocycles. The lowest BCUT2D eigenvalue weighted by molar-refractivity contribution is -0.124. The molecular weight excluding hydrogens is 585 g/mol. The number of hydrogen-bond donors (Lipinski definition) is 1. The van der Waals surface area contributed by atoms with E-state index < -0.39 is 12.1 Å². The maximum absolute atomic E-state index is 14.5. The smallest absolute Gasteiger partial charge is 0.257 e. The number of carbonyl (C=O) groups excluding carboxylic acids is 2. The molecule has 3 aromatic rings. The lowest BCUT2D eigenvalue weighted by Crippen LogP contribution is -2.44. The summed E-state index contributed by atoms with van der Waals surface area (Å²) < 4.78 is 10.8. The van der Waals surface area contributed by atoms with Crippen LogP contribution >= 0.6 is 35.6 Å². The van der Waals surface area contributed by atoms with Gasteiger partial charge in [-0.25, -0.2) is 0 Å². The minimum Gasteiger partial charge on any atom is -0.398 e. The summed E-state index contributed by atoms with van der Waals surface area (Å²) in [6.45, 7) is 4.89. The van der Waals surface area contributed by atoms with Crippen LogP contribution in [-0.4, -0.2) is 50.2 Å². The van der Waals surface area contributed by atoms with Crippen molar-refractivity contribution in [2.24, 2.45) is 0 Å². The highest BCUT2D eigenvalue weighted by Gasteiger charge is 2.43. The van der Waals surface area contributed by atoms with Gasteiger partial charge in [0.2, 0.25) is 0 Å². The number of anilines is 2. The van der Waals surface area contributed by atoms with E-state index in [1.54, 1.807) is 78.4 Å². The zero-order valence-corrected chi connectivity index (χ0v) is 25.4. The third-order valence-corrected chi connectivity index (χ3v) is 7.28. The van der Waals surface area contributed by atoms with Crippen LogP contribution in [0.1, 0.15) is 53.0 Å². The minimum atomic E-state index is -0.970. The van der Waals surface area contributed by atoms with Crippen LogP contribution in [0.25, 0.3) is 0 Å². The fourth-order valence-electron chi connectivity index (χ4n) is 4.86. The molecule has 0 fully saturated rings. The Morgan fingerprint density at radius 3 is 2.34 bits per heavy atom. The van der Waals surface area contributed by atoms with E-state index >= 15 is 0 Å². The molecule has 2 N–H and O–H groups in total. The highest BCUT2D eigenvalue weighted by molar-refractivity contribution is 6.31. The number of amides is 2. The quantitative estimate of drug-likeness (QED) is 0.173. The van der Waals surface area contributed by atoms with Crippen molar-refractivity contribution in [3.63, 3.8) is 0 Å². The lowest BCUT2D eigenvalue weighted by atomic mass is 9.97. The molecule has 3 aromatic carbocycles. The van der Waals surface area contributed by atoms with E-state index in [2.05, 4.69) is 11.8 Å². The number of rotatable bonds is 9. The summed E-state index contributed by atoms with van der Waals surface area (Å²) >= 11 is 12.4. The van der Waals surface area contributed by atoms with Gasteiger partial charge >= 0.3 is 0 Å². The number of nitrogens with two attached hydrogens (primary N) is 1. The van der Waals surface area contributed by atoms with Gasteiger partial charge in [-0.2, -0.15) is 0 Å². The van der Waals surface area contributed by atoms with Gasteiger partial charge in [0.1, 0.15) is 6.04 Å². The standard InChI is InChI=1S/C31H31Cl2N3O4.ClH/c1-4-5-21-6-13-28-26(18-21)30(37)36(20(2)25-12-11-24(33)19-27(25)34)29(22-7-9-23(32)10-8-22)31(38)35(28)14-15-40-17-16-39-3;/h6-13,18-20,29H,14-17,34H2,1-3H3;1H/t20-,29?;/m1./s1. The van der Waals surface area contributed by atoms with Gasteiger partial charge in [0.25, 0.3) is 11.8 Å². The Labute approximate surface area is 256 Å². The Morgan fingerprint density at radius 2 is 1.68 bits per heavy atom. The van der Waals surface area contributed by atoms with Gasteiger partial charge < -0.3 is 25.0 Å². The average Bonchev–Trinajstić information content (AvgIpc) is 3.02. The Hall–Kier alpha value is -3.25. The van der Waals surface area contributed by atoms with Gasteiger partial charge in [0.05, 0.1) is 37.1 Å². The molecular formula is C31H32Cl3N3O4. The Balaban J connectivity index is 0.00000462. The molecule has 1 unspecified atom stereocenters. The topological polar surface area (TPSA) is 85.1 Å². The summed E-state index contributed by atoms with van der Waals surface area (Å²) in [6, 6.07) is 15.8. The fraction of sp³-hybridized carbons (Fsp3) is 0.290. The summed E-state index contributed by atoms with van der Waals surface area (Å²) in [5.41, 5.74) is 9.60. The number of nitrogens with zero attached hydrogens (tertiary/aromatic N) is 2. The SMILES string of the molecule is CC#Cc1ccc2c(c1)C(=O)N([C@H](C)c1ccc(Cl)cc1N)C(c1ccc(Cl)cc1)C(=O)N2CCOCCOC.Cl. The van der Waals surface area contributed by atoms with Crippen LogP contribution in [0.2, 0.25) is 10.0 Å². The molecule has 7 nitrogen and oxygen atoms in total. The molecule has 1 heterocycles. The van der Waals surface area contributed by atoms with Gasteiger partial charge in [-0.3, -0.25) is 9.59 Å². The molecule has 1 aliphatic heterocycles. The van der Waals surface area contributed by atoms with E-state index in [9.17, 15) is 9.59 Å². The van der Waals surface area contributed by atoms with Crippen LogP contribution in [0.15, 0.2) is 60.7 Å². The number of benzene rings is 3. The van der Waals surface area contributed by atoms with Crippen molar-refractivity contribution in [1.29, 1.82) is 0 Å². The predicted octanol–water partition coefficient (Wildman–Crippen LogP) is 6.32. The van der Waals surface area contributed by atoms with E-state index in [4.69, 9.17) is 38.4 Å². The molecule has 0 spiro atoms. The number of carbonyl (C=O) groups is 2. The van der Waals surface area contributed by atoms with Gasteiger partial charge in [-0.15, -0.1) is 18.3 Å². The molecule has 10 heteroatoms. The summed E-state index contributed by atoms with van der Waals surface area (Å²) in [7, 11) is 1.60. The predicted molar refractivity (Wildman–Crippen MR) is 166 cm³/mol. The van der Waals surface area contributed by atoms with E-state index in [-0.39, 0.29) is 37.4 Å². The number of nitrogen functional groups attached to an aromatic ring is 1. The average molecular weight is 617 g/mol. The molecule has 2 atom stereocenters. The first kappa shape index (κ1) is 32.3. The van der Waals surface area contributed by atoms with Crippen LogP contribution in [0.4, 0.5) is 11.4 Å². The molecule has 0 bridgehead atoms. The summed E-state index contributed by atoms with van der Waals surface area (Å²) in [5, 5.41) is 1.00. The number of halogens is 3. The molecule has 4 rings (SSSR count). The Kier molecular flexibility index (Phi) is 11.5. The normalized spacial score (nSPS) is 15.4. The van der Waals surface area contributed by atoms with Crippen molar-refractivity contribution < 1.29 is 19.1 Å². The number of hydrogen-bond acceptors (Lipinski definition) is 5. The molecule has 2 amide bonds. The fourth-order valence-corrected chi connectivity index (χ4v) is 5.17. The zero-order chi connectivity index (χ0) is 28.8. The summed E-state index contributed by atoms with van der Waals surface area (Å²) in [6.07, 6.45) is 0. The van der Waals surface area contributed by atoms with Gasteiger partial charge in [-0.1, -0.05) is 47.3 Å². The maximum Gasteiger partial charge on any atom is 0.257 e. The molecule has 216 valence electrons. The van der Waals surface area contributed by atoms with Crippen LogP contribution in [0.3, 0.4) is 0 Å². The van der Waals surface area contributed by atoms with Crippen molar-refractivity contribution in [2.75, 3.05) is 44.1 Å². The number of methoxy groups -OCH3 is 1. The van der Waals surface area contributed by atoms with E-state index in [1.807, 2.05) is 13.0 Å². The van der Waals surface area contributed by atoms with E-state index in [1.165, 1.54) is 0 Å². The highest BCUT2D eigenvalue weighted by Crippen LogP contribution is 2.41. The monoisotopic (exact) mass is 615 g/mol. The second-order valence-electron chi connectivity index (χ2n) is 9.32. The van der Waals surface area contributed by atoms with Crippen LogP contribution in [-0.2, 0) is 14.3 Å². The highest BCUT2D eigenvalue weighted by atomic mass is 35.5. The third kappa shape index (κ3) is 7.16. The van der Waals surface area contributed by atoms with E-state index in [0.29, 0.717) is 56.9 Å². The van der Waals surface area contributed by atoms with Crippen molar-refractivity contribution in [1.82, 2.24) is 4.90 Å². The minimum absolute atomic E-state index is 0. The van der Waals surface area contributed by atoms with Crippen LogP contribution in [0, 0.1) is 11.8 Å². The summed E-state index contributed by atoms with van der Waals surface area (Å²) in [5.74, 6) is 5.29. The zero-order valence-electron chi connectivity index (χ0n) is 23.0. The Morgan fingerprint density at radius 1 is 0.976 bits per heavy atom. The maximum atomic E-state index is 14.5. The molecule has 1 aliphatic rings. The van der Waals surface area contributed by atoms with Crippen molar-refractivity contribution >= 4 is 58.8 Å². The largest absolute Gasteiger partial charge is 0.398 e. The van der Waals surface area contributed by atoms with Crippen molar-refractivity contribution in [3.05, 3.63) is 93.0 Å². The second kappa shape index (κ2) is 14.6. The molecule has 0 radical (unpaired) electrons. The first-order chi connectivity index (χ1) is 19.3. The lowest BCUT2D eigenvalue weighted by Gasteiger charge is -2.36. The van der Waals surface area contributed by atoms with Gasteiger partial charge in [0.15, 0.2) is 0 Å². The third-order valence-electron chi connectivity index (χ3n) is 6.79. The Bertz CT molecular complexity index is 1450. The van der Waals surface area contributed by atoms with Gasteiger partial charge in [-0.05, 0) is 67.4 Å². The second-order valence-corrected chi connectivity index (χ2v) is 10.2. The number of ether oxygens (including phenoxy) is 2. The molecule has 0 aliphatic carbocycles. The number of fused-ring (bicyclic) bond motifs is 1. The first-order valence-electron chi connectivity index (χ1n) is 12.8. The van der Waals surface area contributed by atoms with Gasteiger partial charge in [0, 0.05) is 35.0 Å². The van der Waals surface area contributed by atoms with Crippen molar-refractivity contribution in [2.45, 2.75) is 25.9 Å². The van der Waals surface area contributed by atoms with E-state index in [0.717, 1.165) is 0 Å². The van der Waals surface area contributed by atoms with Crippen molar-refractivity contribution in [3.8, 4) is 11.8 Å². The molecule has 0 saturated carbocycles. The molecule has 0 saturated heterocycles. The first-order valence-corrected chi connectivity index (χ1v) is 13.6. The van der Waals surface area contributed by atoms with Crippen LogP contribution in [0.5, 0.6) is 0 Å².